The molecule has 1 N–H and O–H groups in total. The van der Waals surface area contributed by atoms with Gasteiger partial charge in [-0.1, -0.05) is 18.9 Å². The maximum Gasteiger partial charge on any atom is 0.251 e. The minimum absolute atomic E-state index is 0.0340. The second-order valence-corrected chi connectivity index (χ2v) is 9.80. The van der Waals surface area contributed by atoms with Crippen molar-refractivity contribution in [1.82, 2.24) is 9.21 Å². The molecule has 0 aromatic heterocycles. The van der Waals surface area contributed by atoms with Crippen molar-refractivity contribution in [2.45, 2.75) is 62.8 Å². The number of benzene rings is 1. The highest BCUT2D eigenvalue weighted by Gasteiger charge is 2.32. The third-order valence-corrected chi connectivity index (χ3v) is 7.48. The van der Waals surface area contributed by atoms with Gasteiger partial charge in [0, 0.05) is 24.8 Å². The van der Waals surface area contributed by atoms with Crippen LogP contribution in [0.4, 0.5) is 14.5 Å². The summed E-state index contributed by atoms with van der Waals surface area (Å²) in [7, 11) is -3.64. The Bertz CT molecular complexity index is 820. The van der Waals surface area contributed by atoms with Gasteiger partial charge in [-0.2, -0.15) is 4.31 Å². The van der Waals surface area contributed by atoms with Crippen LogP contribution in [0.5, 0.6) is 0 Å². The van der Waals surface area contributed by atoms with Gasteiger partial charge in [-0.3, -0.25) is 9.69 Å². The van der Waals surface area contributed by atoms with Gasteiger partial charge >= 0.3 is 0 Å². The van der Waals surface area contributed by atoms with Crippen LogP contribution in [0.1, 0.15) is 44.1 Å². The molecule has 1 aromatic rings. The number of rotatable bonds is 8. The van der Waals surface area contributed by atoms with Crippen molar-refractivity contribution in [2.75, 3.05) is 31.5 Å². The molecule has 1 amide bonds. The Kier molecular flexibility index (Phi) is 7.23. The fourth-order valence-electron chi connectivity index (χ4n) is 3.72. The lowest BCUT2D eigenvalue weighted by molar-refractivity contribution is -0.117. The molecule has 0 atom stereocenters. The van der Waals surface area contributed by atoms with Crippen molar-refractivity contribution < 1.29 is 22.0 Å². The molecule has 2 fully saturated rings. The molecular weight excluding hydrogens is 400 g/mol. The summed E-state index contributed by atoms with van der Waals surface area (Å²) in [5.41, 5.74) is 0.978. The zero-order valence-electron chi connectivity index (χ0n) is 16.7. The minimum atomic E-state index is -3.64. The van der Waals surface area contributed by atoms with Gasteiger partial charge in [0.15, 0.2) is 0 Å². The van der Waals surface area contributed by atoms with Gasteiger partial charge in [0.2, 0.25) is 15.9 Å². The Balaban J connectivity index is 1.72. The predicted molar refractivity (Wildman–Crippen MR) is 108 cm³/mol. The molecule has 1 heterocycles. The van der Waals surface area contributed by atoms with E-state index in [0.29, 0.717) is 24.3 Å². The van der Waals surface area contributed by atoms with E-state index < -0.39 is 28.9 Å². The number of alkyl halides is 2. The molecule has 1 aromatic carbocycles. The molecule has 0 bridgehead atoms. The van der Waals surface area contributed by atoms with Gasteiger partial charge in [0.1, 0.15) is 0 Å². The maximum atomic E-state index is 13.1. The van der Waals surface area contributed by atoms with E-state index in [-0.39, 0.29) is 17.5 Å². The normalized spacial score (nSPS) is 18.8. The summed E-state index contributed by atoms with van der Waals surface area (Å²) in [4.78, 5) is 14.0. The van der Waals surface area contributed by atoms with E-state index in [1.807, 2.05) is 0 Å². The van der Waals surface area contributed by atoms with E-state index in [9.17, 15) is 22.0 Å². The van der Waals surface area contributed by atoms with E-state index in [4.69, 9.17) is 0 Å². The monoisotopic (exact) mass is 429 g/mol. The van der Waals surface area contributed by atoms with Gasteiger partial charge in [-0.15, -0.1) is 0 Å². The van der Waals surface area contributed by atoms with Crippen LogP contribution >= 0.6 is 0 Å². The van der Waals surface area contributed by atoms with Crippen molar-refractivity contribution in [1.29, 1.82) is 0 Å². The highest BCUT2D eigenvalue weighted by molar-refractivity contribution is 7.89. The first-order chi connectivity index (χ1) is 13.8. The number of hydrogen-bond acceptors (Lipinski definition) is 4. The number of hydrogen-bond donors (Lipinski definition) is 1. The molecule has 6 nitrogen and oxygen atoms in total. The Morgan fingerprint density at radius 2 is 1.86 bits per heavy atom. The van der Waals surface area contributed by atoms with Crippen LogP contribution in [-0.2, 0) is 14.8 Å². The molecule has 0 unspecified atom stereocenters. The molecule has 1 aliphatic carbocycles. The molecular formula is C20H29F2N3O3S. The number of amides is 1. The number of carbonyl (C=O) groups excluding carboxylic acids is 1. The SMILES string of the molecule is Cc1ccc(NC(=O)CN(CC(F)F)C2CC2)cc1S(=O)(=O)N1CCCCCC1. The molecule has 29 heavy (non-hydrogen) atoms. The fourth-order valence-corrected chi connectivity index (χ4v) is 5.49. The van der Waals surface area contributed by atoms with Crippen LogP contribution in [0, 0.1) is 6.92 Å². The fraction of sp³-hybridized carbons (Fsp3) is 0.650. The van der Waals surface area contributed by atoms with Gasteiger partial charge in [-0.05, 0) is 50.3 Å². The number of carbonyl (C=O) groups is 1. The summed E-state index contributed by atoms with van der Waals surface area (Å²) in [6, 6.07) is 4.82. The largest absolute Gasteiger partial charge is 0.325 e. The molecule has 1 saturated heterocycles. The quantitative estimate of drug-likeness (QED) is 0.689. The molecule has 0 radical (unpaired) electrons. The molecule has 2 aliphatic rings. The summed E-state index contributed by atoms with van der Waals surface area (Å²) < 4.78 is 53.2. The minimum Gasteiger partial charge on any atom is -0.325 e. The first kappa shape index (κ1) is 22.1. The lowest BCUT2D eigenvalue weighted by Crippen LogP contribution is -2.38. The highest BCUT2D eigenvalue weighted by atomic mass is 32.2. The molecule has 9 heteroatoms. The van der Waals surface area contributed by atoms with Crippen LogP contribution in [0.2, 0.25) is 0 Å². The molecule has 1 saturated carbocycles. The Morgan fingerprint density at radius 3 is 2.45 bits per heavy atom. The van der Waals surface area contributed by atoms with E-state index in [1.165, 1.54) is 15.3 Å². The van der Waals surface area contributed by atoms with E-state index in [0.717, 1.165) is 38.5 Å². The molecule has 0 spiro atoms. The summed E-state index contributed by atoms with van der Waals surface area (Å²) in [5, 5.41) is 2.67. The Hall–Kier alpha value is -1.58. The predicted octanol–water partition coefficient (Wildman–Crippen LogP) is 3.23. The maximum absolute atomic E-state index is 13.1. The standard InChI is InChI=1S/C20H29F2N3O3S/c1-15-6-7-16(23-20(26)14-24(13-19(21)22)17-8-9-17)12-18(15)29(27,28)25-10-4-2-3-5-11-25/h6-7,12,17,19H,2-5,8-11,13-14H2,1H3,(H,23,26). The Labute approximate surface area is 171 Å². The van der Waals surface area contributed by atoms with Crippen molar-refractivity contribution in [3.8, 4) is 0 Å². The number of nitrogens with zero attached hydrogens (tertiary/aromatic N) is 2. The second kappa shape index (κ2) is 9.49. The number of halogens is 2. The van der Waals surface area contributed by atoms with Crippen LogP contribution in [-0.4, -0.2) is 62.2 Å². The average Bonchev–Trinajstić information content (AvgIpc) is 3.49. The third-order valence-electron chi connectivity index (χ3n) is 5.44. The van der Waals surface area contributed by atoms with Crippen molar-refractivity contribution >= 4 is 21.6 Å². The van der Waals surface area contributed by atoms with Crippen LogP contribution < -0.4 is 5.32 Å². The first-order valence-electron chi connectivity index (χ1n) is 10.2. The van der Waals surface area contributed by atoms with Crippen molar-refractivity contribution in [3.63, 3.8) is 0 Å². The highest BCUT2D eigenvalue weighted by Crippen LogP contribution is 2.28. The number of sulfonamides is 1. The molecule has 3 rings (SSSR count). The topological polar surface area (TPSA) is 69.7 Å². The smallest absolute Gasteiger partial charge is 0.251 e. The number of aryl methyl sites for hydroxylation is 1. The van der Waals surface area contributed by atoms with Crippen LogP contribution in [0.3, 0.4) is 0 Å². The van der Waals surface area contributed by atoms with Crippen LogP contribution in [0.15, 0.2) is 23.1 Å². The summed E-state index contributed by atoms with van der Waals surface area (Å²) in [6.45, 7) is 2.18. The second-order valence-electron chi connectivity index (χ2n) is 7.90. The van der Waals surface area contributed by atoms with Crippen molar-refractivity contribution in [3.05, 3.63) is 23.8 Å². The van der Waals surface area contributed by atoms with Gasteiger partial charge in [0.05, 0.1) is 18.0 Å². The van der Waals surface area contributed by atoms with E-state index in [1.54, 1.807) is 19.1 Å². The van der Waals surface area contributed by atoms with Gasteiger partial charge in [0.25, 0.3) is 6.43 Å². The van der Waals surface area contributed by atoms with Crippen molar-refractivity contribution in [2.24, 2.45) is 0 Å². The zero-order chi connectivity index (χ0) is 21.0. The summed E-state index contributed by atoms with van der Waals surface area (Å²) >= 11 is 0. The first-order valence-corrected chi connectivity index (χ1v) is 11.6. The third kappa shape index (κ3) is 5.96. The Morgan fingerprint density at radius 1 is 1.21 bits per heavy atom. The van der Waals surface area contributed by atoms with Gasteiger partial charge < -0.3 is 5.32 Å². The molecule has 1 aliphatic heterocycles. The van der Waals surface area contributed by atoms with E-state index in [2.05, 4.69) is 5.32 Å². The van der Waals surface area contributed by atoms with Crippen LogP contribution in [0.25, 0.3) is 0 Å². The number of anilines is 1. The molecule has 162 valence electrons. The van der Waals surface area contributed by atoms with E-state index >= 15 is 0 Å². The average molecular weight is 430 g/mol. The summed E-state index contributed by atoms with van der Waals surface area (Å²) in [5.74, 6) is -0.417. The lowest BCUT2D eigenvalue weighted by Gasteiger charge is -2.22. The van der Waals surface area contributed by atoms with Gasteiger partial charge in [-0.25, -0.2) is 17.2 Å². The number of nitrogens with one attached hydrogen (secondary N) is 1. The lowest BCUT2D eigenvalue weighted by atomic mass is 10.2. The summed E-state index contributed by atoms with van der Waals surface area (Å²) in [6.07, 6.45) is 2.89. The zero-order valence-corrected chi connectivity index (χ0v) is 17.6.